The standard InChI is InChI=1S/C10H13ClIN.ClH/c1-13(2)7-9(11)8-5-3-4-6-10(8)12;/h3-6,9H,7H2,1-2H3;1H. The van der Waals surface area contributed by atoms with Gasteiger partial charge in [0, 0.05) is 10.1 Å². The molecular weight excluding hydrogens is 332 g/mol. The second-order valence-corrected chi connectivity index (χ2v) is 4.94. The smallest absolute Gasteiger partial charge is 0.0722 e. The molecular formula is C10H14Cl2IN. The van der Waals surface area contributed by atoms with E-state index < -0.39 is 0 Å². The van der Waals surface area contributed by atoms with E-state index in [0.717, 1.165) is 6.54 Å². The van der Waals surface area contributed by atoms with Gasteiger partial charge in [0.25, 0.3) is 0 Å². The molecule has 1 aromatic carbocycles. The van der Waals surface area contributed by atoms with E-state index >= 15 is 0 Å². The summed E-state index contributed by atoms with van der Waals surface area (Å²) < 4.78 is 1.24. The molecule has 0 saturated carbocycles. The Morgan fingerprint density at radius 2 is 1.93 bits per heavy atom. The minimum absolute atomic E-state index is 0. The van der Waals surface area contributed by atoms with Gasteiger partial charge in [-0.05, 0) is 48.3 Å². The number of benzene rings is 1. The summed E-state index contributed by atoms with van der Waals surface area (Å²) in [6.45, 7) is 0.877. The molecule has 1 atom stereocenters. The van der Waals surface area contributed by atoms with E-state index in [1.54, 1.807) is 0 Å². The molecule has 0 spiro atoms. The van der Waals surface area contributed by atoms with Crippen LogP contribution in [0, 0.1) is 3.57 Å². The molecule has 14 heavy (non-hydrogen) atoms. The molecule has 1 nitrogen and oxygen atoms in total. The maximum Gasteiger partial charge on any atom is 0.0722 e. The monoisotopic (exact) mass is 345 g/mol. The van der Waals surface area contributed by atoms with Gasteiger partial charge >= 0.3 is 0 Å². The zero-order valence-electron chi connectivity index (χ0n) is 8.21. The highest BCUT2D eigenvalue weighted by Crippen LogP contribution is 2.25. The molecule has 0 N–H and O–H groups in total. The van der Waals surface area contributed by atoms with Gasteiger partial charge in [0.05, 0.1) is 5.38 Å². The van der Waals surface area contributed by atoms with Crippen molar-refractivity contribution < 1.29 is 0 Å². The van der Waals surface area contributed by atoms with E-state index in [4.69, 9.17) is 11.6 Å². The second-order valence-electron chi connectivity index (χ2n) is 3.25. The summed E-state index contributed by atoms with van der Waals surface area (Å²) in [5.41, 5.74) is 1.22. The average molecular weight is 346 g/mol. The SMILES string of the molecule is CN(C)CC(Cl)c1ccccc1I.Cl. The summed E-state index contributed by atoms with van der Waals surface area (Å²) in [6, 6.07) is 8.23. The Morgan fingerprint density at radius 3 is 2.43 bits per heavy atom. The first-order valence-corrected chi connectivity index (χ1v) is 5.66. The van der Waals surface area contributed by atoms with Crippen LogP contribution in [0.3, 0.4) is 0 Å². The number of hydrogen-bond donors (Lipinski definition) is 0. The second kappa shape index (κ2) is 6.88. The summed E-state index contributed by atoms with van der Waals surface area (Å²) in [5, 5.41) is 0.0862. The highest BCUT2D eigenvalue weighted by molar-refractivity contribution is 14.1. The number of likely N-dealkylation sites (N-methyl/N-ethyl adjacent to an activating group) is 1. The van der Waals surface area contributed by atoms with Gasteiger partial charge in [-0.25, -0.2) is 0 Å². The topological polar surface area (TPSA) is 3.24 Å². The fraction of sp³-hybridized carbons (Fsp3) is 0.400. The van der Waals surface area contributed by atoms with Crippen LogP contribution in [-0.4, -0.2) is 25.5 Å². The molecule has 0 aromatic heterocycles. The van der Waals surface area contributed by atoms with Gasteiger partial charge in [-0.3, -0.25) is 0 Å². The highest BCUT2D eigenvalue weighted by atomic mass is 127. The van der Waals surface area contributed by atoms with Crippen molar-refractivity contribution in [1.82, 2.24) is 4.90 Å². The summed E-state index contributed by atoms with van der Waals surface area (Å²) in [4.78, 5) is 2.10. The zero-order chi connectivity index (χ0) is 9.84. The summed E-state index contributed by atoms with van der Waals surface area (Å²) in [7, 11) is 4.07. The van der Waals surface area contributed by atoms with E-state index in [9.17, 15) is 0 Å². The Balaban J connectivity index is 0.00000169. The maximum absolute atomic E-state index is 6.26. The van der Waals surface area contributed by atoms with Crippen molar-refractivity contribution in [3.05, 3.63) is 33.4 Å². The molecule has 1 rings (SSSR count). The minimum atomic E-state index is 0. The molecule has 0 aliphatic heterocycles. The molecule has 1 unspecified atom stereocenters. The zero-order valence-corrected chi connectivity index (χ0v) is 11.9. The first-order chi connectivity index (χ1) is 6.11. The predicted octanol–water partition coefficient (Wildman–Crippen LogP) is 3.55. The van der Waals surface area contributed by atoms with Crippen molar-refractivity contribution in [1.29, 1.82) is 0 Å². The van der Waals surface area contributed by atoms with Crippen LogP contribution in [0.5, 0.6) is 0 Å². The lowest BCUT2D eigenvalue weighted by Crippen LogP contribution is -2.17. The molecule has 0 radical (unpaired) electrons. The number of hydrogen-bond acceptors (Lipinski definition) is 1. The van der Waals surface area contributed by atoms with Gasteiger partial charge in [0.1, 0.15) is 0 Å². The fourth-order valence-electron chi connectivity index (χ4n) is 1.15. The van der Waals surface area contributed by atoms with E-state index in [1.807, 2.05) is 26.2 Å². The molecule has 0 saturated heterocycles. The molecule has 1 aromatic rings. The van der Waals surface area contributed by atoms with Crippen LogP contribution >= 0.6 is 46.6 Å². The van der Waals surface area contributed by atoms with Crippen LogP contribution < -0.4 is 0 Å². The largest absolute Gasteiger partial charge is 0.308 e. The molecule has 0 aliphatic carbocycles. The van der Waals surface area contributed by atoms with E-state index in [-0.39, 0.29) is 17.8 Å². The van der Waals surface area contributed by atoms with Crippen LogP contribution in [0.25, 0.3) is 0 Å². The summed E-state index contributed by atoms with van der Waals surface area (Å²) in [5.74, 6) is 0. The Kier molecular flexibility index (Phi) is 7.12. The highest BCUT2D eigenvalue weighted by Gasteiger charge is 2.11. The Labute approximate surface area is 110 Å². The van der Waals surface area contributed by atoms with Gasteiger partial charge in [-0.2, -0.15) is 0 Å². The minimum Gasteiger partial charge on any atom is -0.308 e. The van der Waals surface area contributed by atoms with Gasteiger partial charge in [-0.1, -0.05) is 18.2 Å². The van der Waals surface area contributed by atoms with Crippen LogP contribution in [-0.2, 0) is 0 Å². The fourth-order valence-corrected chi connectivity index (χ4v) is 2.56. The molecule has 0 amide bonds. The van der Waals surface area contributed by atoms with E-state index in [1.165, 1.54) is 9.13 Å². The predicted molar refractivity (Wildman–Crippen MR) is 73.6 cm³/mol. The lowest BCUT2D eigenvalue weighted by molar-refractivity contribution is 0.407. The number of rotatable bonds is 3. The van der Waals surface area contributed by atoms with E-state index in [0.29, 0.717) is 0 Å². The lowest BCUT2D eigenvalue weighted by Gasteiger charge is -2.16. The third-order valence-corrected chi connectivity index (χ3v) is 3.12. The van der Waals surface area contributed by atoms with E-state index in [2.05, 4.69) is 39.6 Å². The first-order valence-electron chi connectivity index (χ1n) is 4.14. The van der Waals surface area contributed by atoms with Crippen LogP contribution in [0.15, 0.2) is 24.3 Å². The lowest BCUT2D eigenvalue weighted by atomic mass is 10.1. The van der Waals surface area contributed by atoms with Crippen LogP contribution in [0.2, 0.25) is 0 Å². The Hall–Kier alpha value is 0.490. The maximum atomic E-state index is 6.26. The van der Waals surface area contributed by atoms with Crippen molar-refractivity contribution in [2.75, 3.05) is 20.6 Å². The third kappa shape index (κ3) is 4.34. The molecule has 4 heteroatoms. The Morgan fingerprint density at radius 1 is 1.36 bits per heavy atom. The summed E-state index contributed by atoms with van der Waals surface area (Å²) in [6.07, 6.45) is 0. The number of halogens is 3. The number of nitrogens with zero attached hydrogens (tertiary/aromatic N) is 1. The van der Waals surface area contributed by atoms with Crippen molar-refractivity contribution in [2.45, 2.75) is 5.38 Å². The van der Waals surface area contributed by atoms with Crippen molar-refractivity contribution in [2.24, 2.45) is 0 Å². The first kappa shape index (κ1) is 14.5. The van der Waals surface area contributed by atoms with Crippen LogP contribution in [0.4, 0.5) is 0 Å². The molecule has 0 bridgehead atoms. The summed E-state index contributed by atoms with van der Waals surface area (Å²) >= 11 is 8.58. The van der Waals surface area contributed by atoms with Gasteiger partial charge < -0.3 is 4.90 Å². The van der Waals surface area contributed by atoms with Gasteiger partial charge in [0.15, 0.2) is 0 Å². The molecule has 80 valence electrons. The van der Waals surface area contributed by atoms with Gasteiger partial charge in [0.2, 0.25) is 0 Å². The van der Waals surface area contributed by atoms with Crippen molar-refractivity contribution in [3.63, 3.8) is 0 Å². The normalized spacial score (nSPS) is 12.4. The molecule has 0 fully saturated rings. The van der Waals surface area contributed by atoms with Crippen LogP contribution in [0.1, 0.15) is 10.9 Å². The molecule has 0 heterocycles. The molecule has 0 aliphatic rings. The van der Waals surface area contributed by atoms with Crippen molar-refractivity contribution in [3.8, 4) is 0 Å². The van der Waals surface area contributed by atoms with Crippen molar-refractivity contribution >= 4 is 46.6 Å². The number of alkyl halides is 1. The quantitative estimate of drug-likeness (QED) is 0.598. The Bertz CT molecular complexity index is 279. The third-order valence-electron chi connectivity index (χ3n) is 1.77. The average Bonchev–Trinajstić information content (AvgIpc) is 2.03. The van der Waals surface area contributed by atoms with Gasteiger partial charge in [-0.15, -0.1) is 24.0 Å².